The van der Waals surface area contributed by atoms with Crippen molar-refractivity contribution in [1.82, 2.24) is 4.98 Å². The lowest BCUT2D eigenvalue weighted by Crippen LogP contribution is -2.10. The molecule has 0 bridgehead atoms. The first-order valence-electron chi connectivity index (χ1n) is 5.19. The molecule has 18 heavy (non-hydrogen) atoms. The predicted octanol–water partition coefficient (Wildman–Crippen LogP) is 3.78. The van der Waals surface area contributed by atoms with E-state index in [4.69, 9.17) is 4.74 Å². The highest BCUT2D eigenvalue weighted by atomic mass is 19.4. The SMILES string of the molecule is COc1ccnc(-c2ccccc2)c1C(F)(F)F. The molecule has 1 aromatic carbocycles. The molecule has 0 saturated carbocycles. The second-order valence-corrected chi connectivity index (χ2v) is 3.60. The van der Waals surface area contributed by atoms with Gasteiger partial charge in [-0.2, -0.15) is 13.2 Å². The number of pyridine rings is 1. The van der Waals surface area contributed by atoms with E-state index in [0.717, 1.165) is 0 Å². The van der Waals surface area contributed by atoms with Crippen molar-refractivity contribution in [2.45, 2.75) is 6.18 Å². The van der Waals surface area contributed by atoms with Gasteiger partial charge in [-0.15, -0.1) is 0 Å². The van der Waals surface area contributed by atoms with Gasteiger partial charge in [-0.3, -0.25) is 4.98 Å². The summed E-state index contributed by atoms with van der Waals surface area (Å²) in [6.07, 6.45) is -3.21. The van der Waals surface area contributed by atoms with E-state index in [9.17, 15) is 13.2 Å². The number of hydrogen-bond donors (Lipinski definition) is 0. The Bertz CT molecular complexity index is 538. The fraction of sp³-hybridized carbons (Fsp3) is 0.154. The van der Waals surface area contributed by atoms with Gasteiger partial charge in [0.2, 0.25) is 0 Å². The van der Waals surface area contributed by atoms with Crippen LogP contribution in [0.3, 0.4) is 0 Å². The van der Waals surface area contributed by atoms with Crippen LogP contribution in [0.5, 0.6) is 5.75 Å². The maximum atomic E-state index is 13.1. The van der Waals surface area contributed by atoms with Crippen LogP contribution in [0.4, 0.5) is 13.2 Å². The van der Waals surface area contributed by atoms with Crippen LogP contribution in [0.2, 0.25) is 0 Å². The van der Waals surface area contributed by atoms with Crippen LogP contribution in [0, 0.1) is 0 Å². The first-order chi connectivity index (χ1) is 8.54. The summed E-state index contributed by atoms with van der Waals surface area (Å²) in [5, 5.41) is 0. The van der Waals surface area contributed by atoms with Gasteiger partial charge in [-0.1, -0.05) is 30.3 Å². The number of nitrogens with zero attached hydrogens (tertiary/aromatic N) is 1. The van der Waals surface area contributed by atoms with E-state index in [1.54, 1.807) is 30.3 Å². The predicted molar refractivity (Wildman–Crippen MR) is 61.2 cm³/mol. The second-order valence-electron chi connectivity index (χ2n) is 3.60. The van der Waals surface area contributed by atoms with Crippen molar-refractivity contribution in [3.05, 3.63) is 48.2 Å². The molecule has 1 aromatic heterocycles. The van der Waals surface area contributed by atoms with Crippen LogP contribution < -0.4 is 4.74 Å². The molecule has 0 aliphatic heterocycles. The average molecular weight is 253 g/mol. The zero-order chi connectivity index (χ0) is 13.2. The number of ether oxygens (including phenoxy) is 1. The third-order valence-corrected chi connectivity index (χ3v) is 2.46. The van der Waals surface area contributed by atoms with Gasteiger partial charge in [0.05, 0.1) is 12.8 Å². The first-order valence-corrected chi connectivity index (χ1v) is 5.19. The molecule has 0 N–H and O–H groups in total. The Morgan fingerprint density at radius 1 is 1.06 bits per heavy atom. The van der Waals surface area contributed by atoms with Crippen molar-refractivity contribution in [1.29, 1.82) is 0 Å². The summed E-state index contributed by atoms with van der Waals surface area (Å²) in [4.78, 5) is 3.82. The summed E-state index contributed by atoms with van der Waals surface area (Å²) in [6.45, 7) is 0. The lowest BCUT2D eigenvalue weighted by atomic mass is 10.0. The molecule has 0 fully saturated rings. The molecule has 94 valence electrons. The zero-order valence-corrected chi connectivity index (χ0v) is 9.53. The number of benzene rings is 1. The van der Waals surface area contributed by atoms with Crippen molar-refractivity contribution >= 4 is 0 Å². The Morgan fingerprint density at radius 3 is 2.28 bits per heavy atom. The minimum Gasteiger partial charge on any atom is -0.496 e. The highest BCUT2D eigenvalue weighted by Crippen LogP contribution is 2.41. The van der Waals surface area contributed by atoms with Crippen LogP contribution >= 0.6 is 0 Å². The molecule has 0 spiro atoms. The third kappa shape index (κ3) is 2.30. The summed E-state index contributed by atoms with van der Waals surface area (Å²) in [7, 11) is 1.21. The second kappa shape index (κ2) is 4.68. The molecule has 1 heterocycles. The zero-order valence-electron chi connectivity index (χ0n) is 9.53. The van der Waals surface area contributed by atoms with Gasteiger partial charge in [-0.25, -0.2) is 0 Å². The average Bonchev–Trinajstić information content (AvgIpc) is 2.38. The maximum absolute atomic E-state index is 13.1. The fourth-order valence-corrected chi connectivity index (χ4v) is 1.70. The van der Waals surface area contributed by atoms with Crippen LogP contribution in [0.1, 0.15) is 5.56 Å². The summed E-state index contributed by atoms with van der Waals surface area (Å²) in [6, 6.07) is 9.42. The van der Waals surface area contributed by atoms with Crippen molar-refractivity contribution in [3.63, 3.8) is 0 Å². The summed E-state index contributed by atoms with van der Waals surface area (Å²) in [5.74, 6) is -0.226. The highest BCUT2D eigenvalue weighted by Gasteiger charge is 2.38. The summed E-state index contributed by atoms with van der Waals surface area (Å²) >= 11 is 0. The number of aromatic nitrogens is 1. The van der Waals surface area contributed by atoms with Gasteiger partial charge in [0.1, 0.15) is 11.3 Å². The largest absolute Gasteiger partial charge is 0.496 e. The van der Waals surface area contributed by atoms with Crippen molar-refractivity contribution < 1.29 is 17.9 Å². The number of halogens is 3. The van der Waals surface area contributed by atoms with Crippen LogP contribution in [-0.4, -0.2) is 12.1 Å². The van der Waals surface area contributed by atoms with E-state index < -0.39 is 11.7 Å². The minimum absolute atomic E-state index is 0.123. The molecule has 0 amide bonds. The van der Waals surface area contributed by atoms with E-state index in [2.05, 4.69) is 4.98 Å². The maximum Gasteiger partial charge on any atom is 0.422 e. The monoisotopic (exact) mass is 253 g/mol. The number of methoxy groups -OCH3 is 1. The standard InChI is InChI=1S/C13H10F3NO/c1-18-10-7-8-17-12(11(10)13(14,15)16)9-5-3-2-4-6-9/h2-8H,1H3. The van der Waals surface area contributed by atoms with E-state index in [-0.39, 0.29) is 11.4 Å². The topological polar surface area (TPSA) is 22.1 Å². The Kier molecular flexibility index (Phi) is 3.23. The van der Waals surface area contributed by atoms with Gasteiger partial charge in [0, 0.05) is 11.8 Å². The third-order valence-electron chi connectivity index (χ3n) is 2.46. The molecule has 0 aliphatic carbocycles. The van der Waals surface area contributed by atoms with Gasteiger partial charge in [0.15, 0.2) is 0 Å². The quantitative estimate of drug-likeness (QED) is 0.812. The molecular weight excluding hydrogens is 243 g/mol. The van der Waals surface area contributed by atoms with Gasteiger partial charge >= 0.3 is 6.18 Å². The van der Waals surface area contributed by atoms with E-state index in [0.29, 0.717) is 5.56 Å². The van der Waals surface area contributed by atoms with Crippen molar-refractivity contribution in [2.24, 2.45) is 0 Å². The lowest BCUT2D eigenvalue weighted by Gasteiger charge is -2.15. The van der Waals surface area contributed by atoms with E-state index in [1.165, 1.54) is 19.4 Å². The van der Waals surface area contributed by atoms with Crippen molar-refractivity contribution in [3.8, 4) is 17.0 Å². The Hall–Kier alpha value is -2.04. The molecular formula is C13H10F3NO. The molecule has 0 aliphatic rings. The first kappa shape index (κ1) is 12.4. The Labute approximate surface area is 102 Å². The number of alkyl halides is 3. The molecule has 2 aromatic rings. The normalized spacial score (nSPS) is 11.3. The van der Waals surface area contributed by atoms with E-state index >= 15 is 0 Å². The summed E-state index contributed by atoms with van der Waals surface area (Å²) in [5.41, 5.74) is -0.565. The summed E-state index contributed by atoms with van der Waals surface area (Å²) < 4.78 is 44.0. The molecule has 5 heteroatoms. The van der Waals surface area contributed by atoms with Crippen LogP contribution in [-0.2, 0) is 6.18 Å². The van der Waals surface area contributed by atoms with Gasteiger partial charge in [-0.05, 0) is 6.07 Å². The highest BCUT2D eigenvalue weighted by molar-refractivity contribution is 5.66. The Morgan fingerprint density at radius 2 is 1.72 bits per heavy atom. The fourth-order valence-electron chi connectivity index (χ4n) is 1.70. The van der Waals surface area contributed by atoms with Crippen LogP contribution in [0.15, 0.2) is 42.6 Å². The lowest BCUT2D eigenvalue weighted by molar-refractivity contribution is -0.138. The number of hydrogen-bond acceptors (Lipinski definition) is 2. The molecule has 0 unspecified atom stereocenters. The minimum atomic E-state index is -4.51. The smallest absolute Gasteiger partial charge is 0.422 e. The van der Waals surface area contributed by atoms with Crippen molar-refractivity contribution in [2.75, 3.05) is 7.11 Å². The van der Waals surface area contributed by atoms with E-state index in [1.807, 2.05) is 0 Å². The van der Waals surface area contributed by atoms with Gasteiger partial charge in [0.25, 0.3) is 0 Å². The molecule has 0 radical (unpaired) electrons. The molecule has 0 saturated heterocycles. The molecule has 0 atom stereocenters. The molecule has 2 rings (SSSR count). The van der Waals surface area contributed by atoms with Crippen LogP contribution in [0.25, 0.3) is 11.3 Å². The Balaban J connectivity index is 2.68. The molecule has 2 nitrogen and oxygen atoms in total. The number of rotatable bonds is 2. The van der Waals surface area contributed by atoms with Gasteiger partial charge < -0.3 is 4.74 Å².